The van der Waals surface area contributed by atoms with E-state index in [-0.39, 0.29) is 10.6 Å². The van der Waals surface area contributed by atoms with Crippen LogP contribution >= 0.6 is 0 Å². The van der Waals surface area contributed by atoms with E-state index < -0.39 is 28.0 Å². The van der Waals surface area contributed by atoms with Crippen molar-refractivity contribution in [3.63, 3.8) is 0 Å². The maximum absolute atomic E-state index is 12.0. The lowest BCUT2D eigenvalue weighted by Gasteiger charge is -2.11. The molecule has 1 aromatic carbocycles. The van der Waals surface area contributed by atoms with E-state index in [1.54, 1.807) is 13.0 Å². The summed E-state index contributed by atoms with van der Waals surface area (Å²) in [5.41, 5.74) is 1.74. The number of aliphatic carboxylic acids is 1. The molecule has 0 aliphatic rings. The zero-order chi connectivity index (χ0) is 13.9. The third kappa shape index (κ3) is 3.22. The van der Waals surface area contributed by atoms with Crippen LogP contribution in [0.1, 0.15) is 17.5 Å². The van der Waals surface area contributed by atoms with Crippen molar-refractivity contribution in [2.45, 2.75) is 25.2 Å². The van der Waals surface area contributed by atoms with Gasteiger partial charge in [-0.25, -0.2) is 8.42 Å². The number of sulfone groups is 1. The van der Waals surface area contributed by atoms with Crippen LogP contribution in [0.4, 0.5) is 0 Å². The number of carboxylic acid groups (broad SMARTS) is 1. The Hall–Kier alpha value is -1.56. The fourth-order valence-electron chi connectivity index (χ4n) is 1.50. The zero-order valence-electron chi connectivity index (χ0n) is 10.6. The Balaban J connectivity index is 3.23. The van der Waals surface area contributed by atoms with E-state index in [2.05, 4.69) is 0 Å². The van der Waals surface area contributed by atoms with E-state index in [4.69, 9.17) is 9.84 Å². The van der Waals surface area contributed by atoms with Gasteiger partial charge in [-0.05, 0) is 37.1 Å². The van der Waals surface area contributed by atoms with Gasteiger partial charge >= 0.3 is 5.97 Å². The Morgan fingerprint density at radius 1 is 1.28 bits per heavy atom. The highest BCUT2D eigenvalue weighted by Gasteiger charge is 2.21. The molecule has 6 heteroatoms. The van der Waals surface area contributed by atoms with Gasteiger partial charge in [0, 0.05) is 0 Å². The van der Waals surface area contributed by atoms with Crippen molar-refractivity contribution < 1.29 is 23.1 Å². The predicted octanol–water partition coefficient (Wildman–Crippen LogP) is 1.56. The van der Waals surface area contributed by atoms with Gasteiger partial charge in [0.15, 0.2) is 9.84 Å². The summed E-state index contributed by atoms with van der Waals surface area (Å²) in [5.74, 6) is -1.31. The Morgan fingerprint density at radius 2 is 1.83 bits per heavy atom. The molecule has 0 aromatic heterocycles. The minimum absolute atomic E-state index is 0.0503. The van der Waals surface area contributed by atoms with Gasteiger partial charge in [-0.2, -0.15) is 0 Å². The minimum atomic E-state index is -3.64. The summed E-state index contributed by atoms with van der Waals surface area (Å²) in [7, 11) is -2.25. The molecule has 0 aliphatic heterocycles. The highest BCUT2D eigenvalue weighted by atomic mass is 32.2. The van der Waals surface area contributed by atoms with Gasteiger partial charge in [-0.1, -0.05) is 0 Å². The normalized spacial score (nSPS) is 11.3. The minimum Gasteiger partial charge on any atom is -0.495 e. The van der Waals surface area contributed by atoms with Crippen LogP contribution in [-0.4, -0.2) is 32.4 Å². The Morgan fingerprint density at radius 3 is 2.33 bits per heavy atom. The molecule has 0 radical (unpaired) electrons. The first-order valence-corrected chi connectivity index (χ1v) is 7.03. The third-order valence-corrected chi connectivity index (χ3v) is 4.43. The van der Waals surface area contributed by atoms with Crippen molar-refractivity contribution in [3.8, 4) is 5.75 Å². The fourth-order valence-corrected chi connectivity index (χ4v) is 2.97. The summed E-state index contributed by atoms with van der Waals surface area (Å²) >= 11 is 0. The molecule has 5 nitrogen and oxygen atoms in total. The van der Waals surface area contributed by atoms with E-state index in [1.165, 1.54) is 13.2 Å². The van der Waals surface area contributed by atoms with Gasteiger partial charge < -0.3 is 9.84 Å². The van der Waals surface area contributed by atoms with E-state index in [0.29, 0.717) is 0 Å². The quantitative estimate of drug-likeness (QED) is 0.879. The second-order valence-electron chi connectivity index (χ2n) is 4.05. The van der Waals surface area contributed by atoms with Gasteiger partial charge in [0.1, 0.15) is 10.6 Å². The van der Waals surface area contributed by atoms with Crippen molar-refractivity contribution in [1.82, 2.24) is 0 Å². The number of rotatable bonds is 5. The summed E-state index contributed by atoms with van der Waals surface area (Å²) in [6.07, 6.45) is -0.418. The lowest BCUT2D eigenvalue weighted by molar-refractivity contribution is -0.136. The van der Waals surface area contributed by atoms with Crippen LogP contribution in [0.3, 0.4) is 0 Å². The van der Waals surface area contributed by atoms with Gasteiger partial charge in [0.2, 0.25) is 0 Å². The smallest absolute Gasteiger partial charge is 0.304 e. The molecule has 100 valence electrons. The van der Waals surface area contributed by atoms with Crippen LogP contribution in [0.2, 0.25) is 0 Å². The molecule has 1 N–H and O–H groups in total. The number of methoxy groups -OCH3 is 1. The zero-order valence-corrected chi connectivity index (χ0v) is 11.4. The molecule has 0 spiro atoms. The summed E-state index contributed by atoms with van der Waals surface area (Å²) in [5, 5.41) is 8.55. The molecule has 18 heavy (non-hydrogen) atoms. The molecule has 0 saturated carbocycles. The van der Waals surface area contributed by atoms with Crippen LogP contribution < -0.4 is 4.74 Å². The first-order valence-electron chi connectivity index (χ1n) is 5.37. The van der Waals surface area contributed by atoms with Crippen LogP contribution in [0, 0.1) is 13.8 Å². The molecule has 0 amide bonds. The topological polar surface area (TPSA) is 80.7 Å². The summed E-state index contributed by atoms with van der Waals surface area (Å²) in [6, 6.07) is 3.16. The first-order chi connectivity index (χ1) is 8.27. The number of carboxylic acids is 1. The summed E-state index contributed by atoms with van der Waals surface area (Å²) in [4.78, 5) is 10.5. The Kier molecular flexibility index (Phi) is 4.34. The van der Waals surface area contributed by atoms with E-state index in [1.807, 2.05) is 6.92 Å². The summed E-state index contributed by atoms with van der Waals surface area (Å²) in [6.45, 7) is 3.65. The third-order valence-electron chi connectivity index (χ3n) is 2.70. The van der Waals surface area contributed by atoms with Crippen molar-refractivity contribution >= 4 is 15.8 Å². The molecule has 0 aliphatic carbocycles. The predicted molar refractivity (Wildman–Crippen MR) is 66.8 cm³/mol. The van der Waals surface area contributed by atoms with Crippen LogP contribution in [0.25, 0.3) is 0 Å². The van der Waals surface area contributed by atoms with Crippen molar-refractivity contribution in [3.05, 3.63) is 23.3 Å². The SMILES string of the molecule is COc1cc(C)c(C)cc1S(=O)(=O)CCC(=O)O. The van der Waals surface area contributed by atoms with Gasteiger partial charge in [0.25, 0.3) is 0 Å². The first kappa shape index (κ1) is 14.5. The molecule has 0 saturated heterocycles. The average Bonchev–Trinajstić information content (AvgIpc) is 2.29. The van der Waals surface area contributed by atoms with Crippen molar-refractivity contribution in [1.29, 1.82) is 0 Å². The number of carbonyl (C=O) groups is 1. The number of benzene rings is 1. The number of hydrogen-bond donors (Lipinski definition) is 1. The second-order valence-corrected chi connectivity index (χ2v) is 6.13. The largest absolute Gasteiger partial charge is 0.495 e. The second kappa shape index (κ2) is 5.39. The standard InChI is InChI=1S/C12H16O5S/c1-8-6-10(17-3)11(7-9(8)2)18(15,16)5-4-12(13)14/h6-7H,4-5H2,1-3H3,(H,13,14). The van der Waals surface area contributed by atoms with E-state index in [9.17, 15) is 13.2 Å². The Labute approximate surface area is 106 Å². The van der Waals surface area contributed by atoms with E-state index in [0.717, 1.165) is 11.1 Å². The van der Waals surface area contributed by atoms with Crippen LogP contribution in [0.15, 0.2) is 17.0 Å². The lowest BCUT2D eigenvalue weighted by atomic mass is 10.1. The molecule has 0 unspecified atom stereocenters. The molecular formula is C12H16O5S. The molecular weight excluding hydrogens is 256 g/mol. The highest BCUT2D eigenvalue weighted by Crippen LogP contribution is 2.28. The molecule has 0 fully saturated rings. The van der Waals surface area contributed by atoms with Gasteiger partial charge in [-0.15, -0.1) is 0 Å². The van der Waals surface area contributed by atoms with Gasteiger partial charge in [-0.3, -0.25) is 4.79 Å². The van der Waals surface area contributed by atoms with Crippen LogP contribution in [-0.2, 0) is 14.6 Å². The number of aryl methyl sites for hydroxylation is 2. The maximum atomic E-state index is 12.0. The monoisotopic (exact) mass is 272 g/mol. The van der Waals surface area contributed by atoms with Gasteiger partial charge in [0.05, 0.1) is 19.3 Å². The molecule has 0 heterocycles. The highest BCUT2D eigenvalue weighted by molar-refractivity contribution is 7.91. The van der Waals surface area contributed by atoms with Crippen LogP contribution in [0.5, 0.6) is 5.75 Å². The van der Waals surface area contributed by atoms with Crippen molar-refractivity contribution in [2.24, 2.45) is 0 Å². The summed E-state index contributed by atoms with van der Waals surface area (Å²) < 4.78 is 29.1. The van der Waals surface area contributed by atoms with Crippen molar-refractivity contribution in [2.75, 3.05) is 12.9 Å². The molecule has 1 rings (SSSR count). The molecule has 0 bridgehead atoms. The molecule has 1 aromatic rings. The number of ether oxygens (including phenoxy) is 1. The lowest BCUT2D eigenvalue weighted by Crippen LogP contribution is -2.12. The Bertz CT molecular complexity index is 560. The average molecular weight is 272 g/mol. The number of hydrogen-bond acceptors (Lipinski definition) is 4. The van der Waals surface area contributed by atoms with E-state index >= 15 is 0 Å². The maximum Gasteiger partial charge on any atom is 0.304 e. The fraction of sp³-hybridized carbons (Fsp3) is 0.417. The molecule has 0 atom stereocenters.